The Hall–Kier alpha value is -4.19. The summed E-state index contributed by atoms with van der Waals surface area (Å²) in [5.74, 6) is 0.945. The lowest BCUT2D eigenvalue weighted by Crippen LogP contribution is -2.24. The number of rotatable bonds is 5. The molecule has 6 nitrogen and oxygen atoms in total. The van der Waals surface area contributed by atoms with Gasteiger partial charge in [0.15, 0.2) is 5.75 Å². The number of nitrogens with zero attached hydrogens (tertiary/aromatic N) is 1. The van der Waals surface area contributed by atoms with Crippen molar-refractivity contribution in [2.45, 2.75) is 0 Å². The van der Waals surface area contributed by atoms with Gasteiger partial charge in [0.2, 0.25) is 0 Å². The smallest absolute Gasteiger partial charge is 0.264 e. The maximum atomic E-state index is 12.7. The number of ether oxygens (including phenoxy) is 1. The number of aromatic nitrogens is 2. The highest BCUT2D eigenvalue weighted by molar-refractivity contribution is 6.04. The SMILES string of the molecule is O=C(Nc1ccccc1Oc1ccccc1)c1cnc(-c2ccccc2)[nH]c1=O. The van der Waals surface area contributed by atoms with Crippen molar-refractivity contribution in [2.75, 3.05) is 5.32 Å². The number of hydrogen-bond donors (Lipinski definition) is 2. The van der Waals surface area contributed by atoms with E-state index in [2.05, 4.69) is 15.3 Å². The van der Waals surface area contributed by atoms with Crippen molar-refractivity contribution in [3.05, 3.63) is 107 Å². The highest BCUT2D eigenvalue weighted by Crippen LogP contribution is 2.29. The third-order valence-electron chi connectivity index (χ3n) is 4.20. The average molecular weight is 383 g/mol. The number of carbonyl (C=O) groups is 1. The molecule has 0 aliphatic carbocycles. The number of nitrogens with one attached hydrogen (secondary N) is 2. The molecule has 0 aliphatic heterocycles. The van der Waals surface area contributed by atoms with Gasteiger partial charge < -0.3 is 15.0 Å². The Kier molecular flexibility index (Phi) is 5.16. The highest BCUT2D eigenvalue weighted by atomic mass is 16.5. The average Bonchev–Trinajstić information content (AvgIpc) is 2.76. The van der Waals surface area contributed by atoms with Gasteiger partial charge in [-0.3, -0.25) is 9.59 Å². The first kappa shape index (κ1) is 18.2. The lowest BCUT2D eigenvalue weighted by molar-refractivity contribution is 0.102. The van der Waals surface area contributed by atoms with E-state index in [1.165, 1.54) is 6.20 Å². The van der Waals surface area contributed by atoms with E-state index in [1.807, 2.05) is 60.7 Å². The second-order valence-electron chi connectivity index (χ2n) is 6.21. The third kappa shape index (κ3) is 4.22. The molecule has 0 atom stereocenters. The molecule has 29 heavy (non-hydrogen) atoms. The summed E-state index contributed by atoms with van der Waals surface area (Å²) in [6.45, 7) is 0. The molecule has 142 valence electrons. The first-order chi connectivity index (χ1) is 14.2. The molecule has 0 spiro atoms. The Morgan fingerprint density at radius 2 is 1.52 bits per heavy atom. The molecule has 4 rings (SSSR count). The van der Waals surface area contributed by atoms with E-state index in [0.29, 0.717) is 23.0 Å². The Morgan fingerprint density at radius 1 is 0.862 bits per heavy atom. The highest BCUT2D eigenvalue weighted by Gasteiger charge is 2.15. The second kappa shape index (κ2) is 8.22. The van der Waals surface area contributed by atoms with E-state index in [4.69, 9.17) is 4.74 Å². The summed E-state index contributed by atoms with van der Waals surface area (Å²) in [5, 5.41) is 2.72. The fourth-order valence-corrected chi connectivity index (χ4v) is 2.76. The van der Waals surface area contributed by atoms with Gasteiger partial charge in [0.1, 0.15) is 17.1 Å². The van der Waals surface area contributed by atoms with Crippen LogP contribution in [0.2, 0.25) is 0 Å². The Bertz CT molecular complexity index is 1190. The topological polar surface area (TPSA) is 84.1 Å². The predicted molar refractivity (Wildman–Crippen MR) is 111 cm³/mol. The summed E-state index contributed by atoms with van der Waals surface area (Å²) in [6, 6.07) is 25.5. The van der Waals surface area contributed by atoms with E-state index < -0.39 is 11.5 Å². The van der Waals surface area contributed by atoms with Crippen LogP contribution < -0.4 is 15.6 Å². The number of benzene rings is 3. The molecule has 0 saturated carbocycles. The lowest BCUT2D eigenvalue weighted by Gasteiger charge is -2.12. The molecule has 0 aliphatic rings. The van der Waals surface area contributed by atoms with Gasteiger partial charge in [-0.1, -0.05) is 60.7 Å². The molecule has 1 aromatic heterocycles. The monoisotopic (exact) mass is 383 g/mol. The summed E-state index contributed by atoms with van der Waals surface area (Å²) < 4.78 is 5.84. The molecule has 1 heterocycles. The largest absolute Gasteiger partial charge is 0.455 e. The molecule has 0 saturated heterocycles. The summed E-state index contributed by atoms with van der Waals surface area (Å²) in [4.78, 5) is 32.0. The zero-order valence-electron chi connectivity index (χ0n) is 15.3. The first-order valence-corrected chi connectivity index (χ1v) is 8.99. The second-order valence-corrected chi connectivity index (χ2v) is 6.21. The minimum atomic E-state index is -0.567. The first-order valence-electron chi connectivity index (χ1n) is 8.99. The molecule has 2 N–H and O–H groups in total. The zero-order valence-corrected chi connectivity index (χ0v) is 15.3. The normalized spacial score (nSPS) is 10.3. The molecule has 0 unspecified atom stereocenters. The summed E-state index contributed by atoms with van der Waals surface area (Å²) in [7, 11) is 0. The van der Waals surface area contributed by atoms with Gasteiger partial charge in [-0.05, 0) is 24.3 Å². The van der Waals surface area contributed by atoms with Crippen LogP contribution in [0.25, 0.3) is 11.4 Å². The van der Waals surface area contributed by atoms with Crippen molar-refractivity contribution < 1.29 is 9.53 Å². The summed E-state index contributed by atoms with van der Waals surface area (Å²) in [5.41, 5.74) is 0.614. The lowest BCUT2D eigenvalue weighted by atomic mass is 10.2. The number of carbonyl (C=O) groups excluding carboxylic acids is 1. The van der Waals surface area contributed by atoms with Crippen molar-refractivity contribution in [1.29, 1.82) is 0 Å². The van der Waals surface area contributed by atoms with E-state index in [1.54, 1.807) is 24.3 Å². The van der Waals surface area contributed by atoms with E-state index >= 15 is 0 Å². The van der Waals surface area contributed by atoms with Crippen LogP contribution >= 0.6 is 0 Å². The summed E-state index contributed by atoms with van der Waals surface area (Å²) >= 11 is 0. The van der Waals surface area contributed by atoms with Crippen molar-refractivity contribution >= 4 is 11.6 Å². The van der Waals surface area contributed by atoms with Crippen LogP contribution in [0.1, 0.15) is 10.4 Å². The maximum absolute atomic E-state index is 12.7. The van der Waals surface area contributed by atoms with Crippen LogP contribution in [0.15, 0.2) is 95.9 Å². The van der Waals surface area contributed by atoms with Gasteiger partial charge in [-0.15, -0.1) is 0 Å². The van der Waals surface area contributed by atoms with Crippen molar-refractivity contribution in [2.24, 2.45) is 0 Å². The van der Waals surface area contributed by atoms with Gasteiger partial charge in [-0.25, -0.2) is 4.98 Å². The molecule has 1 amide bonds. The van der Waals surface area contributed by atoms with Crippen LogP contribution in [0.5, 0.6) is 11.5 Å². The molecule has 0 fully saturated rings. The molecule has 0 radical (unpaired) electrons. The fourth-order valence-electron chi connectivity index (χ4n) is 2.76. The van der Waals surface area contributed by atoms with E-state index in [9.17, 15) is 9.59 Å². The van der Waals surface area contributed by atoms with Gasteiger partial charge in [-0.2, -0.15) is 0 Å². The van der Waals surface area contributed by atoms with Crippen LogP contribution in [-0.4, -0.2) is 15.9 Å². The van der Waals surface area contributed by atoms with Crippen molar-refractivity contribution in [3.8, 4) is 22.9 Å². The van der Waals surface area contributed by atoms with Crippen LogP contribution in [0, 0.1) is 0 Å². The molecule has 6 heteroatoms. The van der Waals surface area contributed by atoms with E-state index in [0.717, 1.165) is 5.56 Å². The number of hydrogen-bond acceptors (Lipinski definition) is 4. The van der Waals surface area contributed by atoms with Gasteiger partial charge in [0.25, 0.3) is 11.5 Å². The quantitative estimate of drug-likeness (QED) is 0.532. The number of H-pyrrole nitrogens is 1. The Labute approximate surface area is 166 Å². The zero-order chi connectivity index (χ0) is 20.1. The van der Waals surface area contributed by atoms with Crippen LogP contribution in [0.3, 0.4) is 0 Å². The predicted octanol–water partition coefficient (Wildman–Crippen LogP) is 4.48. The van der Waals surface area contributed by atoms with Crippen molar-refractivity contribution in [1.82, 2.24) is 9.97 Å². The molecule has 4 aromatic rings. The number of aromatic amines is 1. The van der Waals surface area contributed by atoms with E-state index in [-0.39, 0.29) is 5.56 Å². The molecular formula is C23H17N3O3. The van der Waals surface area contributed by atoms with Gasteiger partial charge in [0, 0.05) is 11.8 Å². The standard InChI is InChI=1S/C23H17N3O3/c27-22(18-15-24-21(26-23(18)28)16-9-3-1-4-10-16)25-19-13-7-8-14-20(19)29-17-11-5-2-6-12-17/h1-15H,(H,25,27)(H,24,26,28). The molecule has 3 aromatic carbocycles. The van der Waals surface area contributed by atoms with Crippen LogP contribution in [-0.2, 0) is 0 Å². The third-order valence-corrected chi connectivity index (χ3v) is 4.20. The minimum absolute atomic E-state index is 0.0841. The minimum Gasteiger partial charge on any atom is -0.455 e. The maximum Gasteiger partial charge on any atom is 0.264 e. The fraction of sp³-hybridized carbons (Fsp3) is 0. The van der Waals surface area contributed by atoms with Crippen LogP contribution in [0.4, 0.5) is 5.69 Å². The van der Waals surface area contributed by atoms with Gasteiger partial charge >= 0.3 is 0 Å². The molecular weight excluding hydrogens is 366 g/mol. The molecule has 0 bridgehead atoms. The Morgan fingerprint density at radius 3 is 2.24 bits per heavy atom. The van der Waals surface area contributed by atoms with Crippen molar-refractivity contribution in [3.63, 3.8) is 0 Å². The number of para-hydroxylation sites is 3. The number of anilines is 1. The summed E-state index contributed by atoms with van der Waals surface area (Å²) in [6.07, 6.45) is 1.27. The Balaban J connectivity index is 1.57. The number of amides is 1. The van der Waals surface area contributed by atoms with Gasteiger partial charge in [0.05, 0.1) is 5.69 Å².